The maximum atomic E-state index is 12.4. The fourth-order valence-corrected chi connectivity index (χ4v) is 3.58. The molecular weight excluding hydrogens is 322 g/mol. The molecule has 3 rings (SSSR count). The van der Waals surface area contributed by atoms with Crippen molar-refractivity contribution in [3.8, 4) is 0 Å². The van der Waals surface area contributed by atoms with Crippen LogP contribution in [0.2, 0.25) is 0 Å². The topological polar surface area (TPSA) is 135 Å². The van der Waals surface area contributed by atoms with Crippen LogP contribution in [0.3, 0.4) is 0 Å². The number of nitrogens with two attached hydrogens (primary N) is 2. The second-order valence-corrected chi connectivity index (χ2v) is 7.09. The highest BCUT2D eigenvalue weighted by Crippen LogP contribution is 2.49. The molecule has 1 unspecified atom stereocenters. The van der Waals surface area contributed by atoms with E-state index in [2.05, 4.69) is 9.98 Å². The average Bonchev–Trinajstić information content (AvgIpc) is 2.80. The van der Waals surface area contributed by atoms with E-state index >= 15 is 0 Å². The molecule has 8 heteroatoms. The molecular formula is C17H21N5O3. The lowest BCUT2D eigenvalue weighted by atomic mass is 9.83. The number of carbonyl (C=O) groups is 2. The molecule has 2 aliphatic rings. The Morgan fingerprint density at radius 2 is 2.20 bits per heavy atom. The van der Waals surface area contributed by atoms with Gasteiger partial charge < -0.3 is 21.5 Å². The standard InChI is InChI=1S/C17H21N5O3/c1-17(2)6-12-11(14(23)22(12)13(17)15(24)25)5-10-4-3-9(7-20-10)8-21-16(18)19/h3-5,7,12-13H,6,8H2,1-2H3,(H,24,25)(H4,18,19,21)/b11-5+/t12?,13-/m0/s1. The summed E-state index contributed by atoms with van der Waals surface area (Å²) in [5.41, 5.74) is 12.2. The van der Waals surface area contributed by atoms with Crippen LogP contribution in [0.15, 0.2) is 28.9 Å². The van der Waals surface area contributed by atoms with Gasteiger partial charge in [-0.3, -0.25) is 9.78 Å². The van der Waals surface area contributed by atoms with Crippen LogP contribution >= 0.6 is 0 Å². The number of nitrogens with zero attached hydrogens (tertiary/aromatic N) is 3. The number of hydrogen-bond acceptors (Lipinski definition) is 4. The summed E-state index contributed by atoms with van der Waals surface area (Å²) in [5.74, 6) is -1.17. The van der Waals surface area contributed by atoms with Gasteiger partial charge in [0.15, 0.2) is 5.96 Å². The summed E-state index contributed by atoms with van der Waals surface area (Å²) in [4.78, 5) is 33.6. The second-order valence-electron chi connectivity index (χ2n) is 7.09. The van der Waals surface area contributed by atoms with Crippen molar-refractivity contribution in [3.05, 3.63) is 35.2 Å². The molecule has 132 valence electrons. The first kappa shape index (κ1) is 16.9. The molecule has 0 bridgehead atoms. The Bertz CT molecular complexity index is 778. The number of fused-ring (bicyclic) bond motifs is 1. The third-order valence-electron chi connectivity index (χ3n) is 4.74. The summed E-state index contributed by atoms with van der Waals surface area (Å²) in [6.07, 6.45) is 4.01. The molecule has 0 aliphatic carbocycles. The molecule has 2 atom stereocenters. The Balaban J connectivity index is 1.79. The van der Waals surface area contributed by atoms with Crippen LogP contribution in [0.4, 0.5) is 0 Å². The average molecular weight is 343 g/mol. The Labute approximate surface area is 145 Å². The molecule has 3 heterocycles. The number of β-lactam (4-membered cyclic amide) rings is 1. The molecule has 0 radical (unpaired) electrons. The number of hydrogen-bond donors (Lipinski definition) is 3. The van der Waals surface area contributed by atoms with E-state index in [1.54, 1.807) is 18.3 Å². The van der Waals surface area contributed by atoms with E-state index in [1.165, 1.54) is 4.90 Å². The molecule has 0 spiro atoms. The Morgan fingerprint density at radius 1 is 1.48 bits per heavy atom. The monoisotopic (exact) mass is 343 g/mol. The third kappa shape index (κ3) is 2.95. The lowest BCUT2D eigenvalue weighted by Crippen LogP contribution is -2.57. The summed E-state index contributed by atoms with van der Waals surface area (Å²) in [5, 5.41) is 9.43. The van der Waals surface area contributed by atoms with E-state index in [4.69, 9.17) is 11.5 Å². The van der Waals surface area contributed by atoms with Crippen molar-refractivity contribution >= 4 is 23.9 Å². The fraction of sp³-hybridized carbons (Fsp3) is 0.412. The van der Waals surface area contributed by atoms with E-state index in [-0.39, 0.29) is 17.9 Å². The molecule has 0 aromatic carbocycles. The van der Waals surface area contributed by atoms with Crippen LogP contribution in [0.1, 0.15) is 31.5 Å². The van der Waals surface area contributed by atoms with Gasteiger partial charge in [0.2, 0.25) is 0 Å². The number of carboxylic acid groups (broad SMARTS) is 1. The molecule has 8 nitrogen and oxygen atoms in total. The molecule has 2 saturated heterocycles. The number of aromatic nitrogens is 1. The quantitative estimate of drug-likeness (QED) is 0.312. The van der Waals surface area contributed by atoms with Crippen molar-refractivity contribution in [2.75, 3.05) is 0 Å². The van der Waals surface area contributed by atoms with Crippen LogP contribution in [-0.2, 0) is 16.1 Å². The highest BCUT2D eigenvalue weighted by atomic mass is 16.4. The van der Waals surface area contributed by atoms with E-state index in [0.717, 1.165) is 5.56 Å². The van der Waals surface area contributed by atoms with Crippen LogP contribution < -0.4 is 11.5 Å². The highest BCUT2D eigenvalue weighted by Gasteiger charge is 2.60. The smallest absolute Gasteiger partial charge is 0.327 e. The van der Waals surface area contributed by atoms with Crippen molar-refractivity contribution < 1.29 is 14.7 Å². The summed E-state index contributed by atoms with van der Waals surface area (Å²) < 4.78 is 0. The molecule has 2 aliphatic heterocycles. The van der Waals surface area contributed by atoms with E-state index in [1.807, 2.05) is 19.9 Å². The number of amides is 1. The minimum Gasteiger partial charge on any atom is -0.480 e. The lowest BCUT2D eigenvalue weighted by molar-refractivity contribution is -0.154. The van der Waals surface area contributed by atoms with Crippen LogP contribution in [0.5, 0.6) is 0 Å². The maximum Gasteiger partial charge on any atom is 0.327 e. The van der Waals surface area contributed by atoms with Crippen molar-refractivity contribution in [3.63, 3.8) is 0 Å². The van der Waals surface area contributed by atoms with Gasteiger partial charge in [-0.1, -0.05) is 19.9 Å². The number of carbonyl (C=O) groups excluding carboxylic acids is 1. The van der Waals surface area contributed by atoms with Gasteiger partial charge in [-0.2, -0.15) is 0 Å². The molecule has 1 aromatic heterocycles. The van der Waals surface area contributed by atoms with E-state index in [0.29, 0.717) is 24.2 Å². The van der Waals surface area contributed by atoms with Gasteiger partial charge in [-0.15, -0.1) is 0 Å². The largest absolute Gasteiger partial charge is 0.480 e. The molecule has 1 amide bonds. The first-order chi connectivity index (χ1) is 11.7. The highest BCUT2D eigenvalue weighted by molar-refractivity contribution is 6.08. The maximum absolute atomic E-state index is 12.4. The van der Waals surface area contributed by atoms with E-state index < -0.39 is 17.4 Å². The van der Waals surface area contributed by atoms with Gasteiger partial charge in [0.05, 0.1) is 18.3 Å². The molecule has 25 heavy (non-hydrogen) atoms. The summed E-state index contributed by atoms with van der Waals surface area (Å²) in [6.45, 7) is 4.10. The molecule has 2 fully saturated rings. The zero-order valence-electron chi connectivity index (χ0n) is 14.1. The minimum atomic E-state index is -0.956. The van der Waals surface area contributed by atoms with Gasteiger partial charge >= 0.3 is 5.97 Å². The minimum absolute atomic E-state index is 0.0168. The number of aliphatic carboxylic acids is 1. The van der Waals surface area contributed by atoms with Crippen LogP contribution in [0.25, 0.3) is 6.08 Å². The molecule has 5 N–H and O–H groups in total. The van der Waals surface area contributed by atoms with Gasteiger partial charge in [-0.05, 0) is 29.5 Å². The van der Waals surface area contributed by atoms with Crippen LogP contribution in [0, 0.1) is 5.41 Å². The zero-order chi connectivity index (χ0) is 18.4. The van der Waals surface area contributed by atoms with Crippen molar-refractivity contribution in [1.29, 1.82) is 0 Å². The number of carboxylic acids is 1. The molecule has 0 saturated carbocycles. The number of guanidine groups is 1. The number of rotatable bonds is 4. The number of aliphatic imine (C=N–C) groups is 1. The van der Waals surface area contributed by atoms with E-state index in [9.17, 15) is 14.7 Å². The fourth-order valence-electron chi connectivity index (χ4n) is 3.58. The van der Waals surface area contributed by atoms with Gasteiger partial charge in [-0.25, -0.2) is 9.79 Å². The SMILES string of the molecule is CC1(C)CC2/C(=C\c3ccc(CN=C(N)N)cn3)C(=O)N2[C@H]1C(=O)O. The van der Waals surface area contributed by atoms with Crippen molar-refractivity contribution in [1.82, 2.24) is 9.88 Å². The van der Waals surface area contributed by atoms with Gasteiger partial charge in [0.25, 0.3) is 5.91 Å². The predicted octanol–water partition coefficient (Wildman–Crippen LogP) is 0.332. The predicted molar refractivity (Wildman–Crippen MR) is 92.2 cm³/mol. The second kappa shape index (κ2) is 5.87. The van der Waals surface area contributed by atoms with Crippen molar-refractivity contribution in [2.24, 2.45) is 21.9 Å². The van der Waals surface area contributed by atoms with Gasteiger partial charge in [0, 0.05) is 11.8 Å². The lowest BCUT2D eigenvalue weighted by Gasteiger charge is -2.40. The normalized spacial score (nSPS) is 25.4. The third-order valence-corrected chi connectivity index (χ3v) is 4.74. The van der Waals surface area contributed by atoms with Gasteiger partial charge in [0.1, 0.15) is 6.04 Å². The van der Waals surface area contributed by atoms with Crippen molar-refractivity contribution in [2.45, 2.75) is 38.9 Å². The summed E-state index contributed by atoms with van der Waals surface area (Å²) in [6, 6.07) is 2.68. The summed E-state index contributed by atoms with van der Waals surface area (Å²) >= 11 is 0. The first-order valence-corrected chi connectivity index (χ1v) is 7.98. The number of pyridine rings is 1. The zero-order valence-corrected chi connectivity index (χ0v) is 14.1. The van der Waals surface area contributed by atoms with Crippen LogP contribution in [-0.4, -0.2) is 44.9 Å². The Kier molecular flexibility index (Phi) is 3.98. The molecule has 1 aromatic rings. The summed E-state index contributed by atoms with van der Waals surface area (Å²) in [7, 11) is 0. The Hall–Kier alpha value is -2.90. The Morgan fingerprint density at radius 3 is 2.76 bits per heavy atom. The first-order valence-electron chi connectivity index (χ1n) is 7.98.